The molecular weight excluding hydrogens is 258 g/mol. The monoisotopic (exact) mass is 283 g/mol. The zero-order chi connectivity index (χ0) is 13.9. The van der Waals surface area contributed by atoms with Gasteiger partial charge in [-0.3, -0.25) is 0 Å². The number of rotatable bonds is 10. The van der Waals surface area contributed by atoms with Gasteiger partial charge in [-0.1, -0.05) is 30.3 Å². The Kier molecular flexibility index (Phi) is 8.91. The molecule has 0 saturated carbocycles. The molecule has 0 aliphatic carbocycles. The molecule has 2 unspecified atom stereocenters. The molecule has 0 aromatic heterocycles. The standard InChI is InChI=1S/C15H25NO2S/c1-13(14-7-4-3-5-8-14)18-12-15(17)11-16-9-6-10-19-2/h3-5,7-8,13,15-17H,6,9-12H2,1-2H3. The van der Waals surface area contributed by atoms with Gasteiger partial charge < -0.3 is 15.2 Å². The van der Waals surface area contributed by atoms with Crippen molar-refractivity contribution >= 4 is 11.8 Å². The Morgan fingerprint density at radius 3 is 2.74 bits per heavy atom. The minimum Gasteiger partial charge on any atom is -0.389 e. The number of aliphatic hydroxyl groups is 1. The molecule has 1 rings (SSSR count). The minimum absolute atomic E-state index is 0.0207. The average molecular weight is 283 g/mol. The largest absolute Gasteiger partial charge is 0.389 e. The van der Waals surface area contributed by atoms with E-state index < -0.39 is 6.10 Å². The Morgan fingerprint density at radius 2 is 2.05 bits per heavy atom. The fourth-order valence-corrected chi connectivity index (χ4v) is 2.18. The smallest absolute Gasteiger partial charge is 0.0897 e. The van der Waals surface area contributed by atoms with Gasteiger partial charge in [0, 0.05) is 6.54 Å². The van der Waals surface area contributed by atoms with Gasteiger partial charge in [-0.2, -0.15) is 11.8 Å². The molecule has 2 N–H and O–H groups in total. The van der Waals surface area contributed by atoms with E-state index in [2.05, 4.69) is 11.6 Å². The highest BCUT2D eigenvalue weighted by atomic mass is 32.2. The van der Waals surface area contributed by atoms with Crippen LogP contribution in [0.1, 0.15) is 25.0 Å². The van der Waals surface area contributed by atoms with Gasteiger partial charge in [0.1, 0.15) is 0 Å². The molecule has 0 amide bonds. The molecule has 1 aromatic carbocycles. The highest BCUT2D eigenvalue weighted by Gasteiger charge is 2.09. The van der Waals surface area contributed by atoms with Gasteiger partial charge in [0.15, 0.2) is 0 Å². The van der Waals surface area contributed by atoms with Crippen molar-refractivity contribution in [3.05, 3.63) is 35.9 Å². The van der Waals surface area contributed by atoms with Crippen molar-refractivity contribution in [3.8, 4) is 0 Å². The number of hydrogen-bond acceptors (Lipinski definition) is 4. The highest BCUT2D eigenvalue weighted by molar-refractivity contribution is 7.98. The molecule has 0 spiro atoms. The van der Waals surface area contributed by atoms with Crippen LogP contribution >= 0.6 is 11.8 Å². The molecule has 4 heteroatoms. The van der Waals surface area contributed by atoms with E-state index in [0.717, 1.165) is 24.3 Å². The number of nitrogens with one attached hydrogen (secondary N) is 1. The van der Waals surface area contributed by atoms with Crippen LogP contribution in [0.15, 0.2) is 30.3 Å². The molecule has 3 nitrogen and oxygen atoms in total. The molecule has 0 heterocycles. The maximum Gasteiger partial charge on any atom is 0.0897 e. The lowest BCUT2D eigenvalue weighted by Gasteiger charge is -2.17. The molecule has 108 valence electrons. The Labute approximate surface area is 120 Å². The predicted octanol–water partition coefficient (Wildman–Crippen LogP) is 2.47. The second kappa shape index (κ2) is 10.3. The lowest BCUT2D eigenvalue weighted by molar-refractivity contribution is -0.00193. The van der Waals surface area contributed by atoms with E-state index in [4.69, 9.17) is 4.74 Å². The van der Waals surface area contributed by atoms with Gasteiger partial charge in [0.05, 0.1) is 18.8 Å². The average Bonchev–Trinajstić information content (AvgIpc) is 2.45. The Balaban J connectivity index is 2.11. The van der Waals surface area contributed by atoms with Gasteiger partial charge in [-0.05, 0) is 37.5 Å². The van der Waals surface area contributed by atoms with E-state index in [-0.39, 0.29) is 6.10 Å². The second-order valence-corrected chi connectivity index (χ2v) is 5.58. The van der Waals surface area contributed by atoms with Crippen molar-refractivity contribution in [3.63, 3.8) is 0 Å². The summed E-state index contributed by atoms with van der Waals surface area (Å²) in [6, 6.07) is 10.1. The van der Waals surface area contributed by atoms with E-state index >= 15 is 0 Å². The summed E-state index contributed by atoms with van der Waals surface area (Å²) < 4.78 is 5.67. The predicted molar refractivity (Wildman–Crippen MR) is 82.7 cm³/mol. The van der Waals surface area contributed by atoms with Crippen LogP contribution in [0.25, 0.3) is 0 Å². The lowest BCUT2D eigenvalue weighted by Crippen LogP contribution is -2.31. The number of aliphatic hydroxyl groups excluding tert-OH is 1. The molecule has 0 aliphatic rings. The van der Waals surface area contributed by atoms with Crippen LogP contribution in [-0.2, 0) is 4.74 Å². The first kappa shape index (κ1) is 16.5. The summed E-state index contributed by atoms with van der Waals surface area (Å²) in [6.07, 6.45) is 2.82. The molecule has 0 saturated heterocycles. The maximum atomic E-state index is 9.81. The molecule has 0 aliphatic heterocycles. The summed E-state index contributed by atoms with van der Waals surface area (Å²) in [5, 5.41) is 13.0. The molecule has 19 heavy (non-hydrogen) atoms. The number of hydrogen-bond donors (Lipinski definition) is 2. The molecule has 0 bridgehead atoms. The highest BCUT2D eigenvalue weighted by Crippen LogP contribution is 2.15. The number of ether oxygens (including phenoxy) is 1. The quantitative estimate of drug-likeness (QED) is 0.647. The summed E-state index contributed by atoms with van der Waals surface area (Å²) in [6.45, 7) is 3.92. The Hall–Kier alpha value is -0.550. The van der Waals surface area contributed by atoms with E-state index in [1.807, 2.05) is 49.0 Å². The Bertz CT molecular complexity index is 321. The topological polar surface area (TPSA) is 41.5 Å². The van der Waals surface area contributed by atoms with Gasteiger partial charge in [0.2, 0.25) is 0 Å². The maximum absolute atomic E-state index is 9.81. The first-order chi connectivity index (χ1) is 9.24. The van der Waals surface area contributed by atoms with Crippen LogP contribution in [0, 0.1) is 0 Å². The third-order valence-electron chi connectivity index (χ3n) is 2.89. The fraction of sp³-hybridized carbons (Fsp3) is 0.600. The summed E-state index contributed by atoms with van der Waals surface area (Å²) >= 11 is 1.85. The normalized spacial score (nSPS) is 14.3. The van der Waals surface area contributed by atoms with Gasteiger partial charge in [-0.15, -0.1) is 0 Å². The third kappa shape index (κ3) is 7.57. The van der Waals surface area contributed by atoms with E-state index in [9.17, 15) is 5.11 Å². The zero-order valence-corrected chi connectivity index (χ0v) is 12.7. The summed E-state index contributed by atoms with van der Waals surface area (Å²) in [4.78, 5) is 0. The van der Waals surface area contributed by atoms with Crippen molar-refractivity contribution in [2.45, 2.75) is 25.6 Å². The van der Waals surface area contributed by atoms with Crippen LogP contribution in [0.3, 0.4) is 0 Å². The molecule has 0 radical (unpaired) electrons. The third-order valence-corrected chi connectivity index (χ3v) is 3.59. The second-order valence-electron chi connectivity index (χ2n) is 4.59. The van der Waals surface area contributed by atoms with E-state index in [1.165, 1.54) is 0 Å². The Morgan fingerprint density at radius 1 is 1.32 bits per heavy atom. The van der Waals surface area contributed by atoms with Crippen molar-refractivity contribution in [1.29, 1.82) is 0 Å². The van der Waals surface area contributed by atoms with Crippen molar-refractivity contribution in [2.24, 2.45) is 0 Å². The molecule has 0 fully saturated rings. The van der Waals surface area contributed by atoms with Gasteiger partial charge in [-0.25, -0.2) is 0 Å². The fourth-order valence-electron chi connectivity index (χ4n) is 1.74. The van der Waals surface area contributed by atoms with Gasteiger partial charge >= 0.3 is 0 Å². The summed E-state index contributed by atoms with van der Waals surface area (Å²) in [5.74, 6) is 1.16. The van der Waals surface area contributed by atoms with Crippen LogP contribution < -0.4 is 5.32 Å². The van der Waals surface area contributed by atoms with Crippen LogP contribution in [0.2, 0.25) is 0 Å². The molecule has 1 aromatic rings. The van der Waals surface area contributed by atoms with Crippen LogP contribution in [0.4, 0.5) is 0 Å². The number of thioether (sulfide) groups is 1. The van der Waals surface area contributed by atoms with Crippen LogP contribution in [0.5, 0.6) is 0 Å². The SMILES string of the molecule is CSCCCNCC(O)COC(C)c1ccccc1. The minimum atomic E-state index is -0.444. The first-order valence-electron chi connectivity index (χ1n) is 6.78. The lowest BCUT2D eigenvalue weighted by atomic mass is 10.1. The van der Waals surface area contributed by atoms with Crippen molar-refractivity contribution in [2.75, 3.05) is 31.7 Å². The van der Waals surface area contributed by atoms with Crippen LogP contribution in [-0.4, -0.2) is 42.9 Å². The number of benzene rings is 1. The summed E-state index contributed by atoms with van der Waals surface area (Å²) in [5.41, 5.74) is 1.14. The van der Waals surface area contributed by atoms with E-state index in [1.54, 1.807) is 0 Å². The van der Waals surface area contributed by atoms with Gasteiger partial charge in [0.25, 0.3) is 0 Å². The van der Waals surface area contributed by atoms with E-state index in [0.29, 0.717) is 13.2 Å². The van der Waals surface area contributed by atoms with Crippen molar-refractivity contribution in [1.82, 2.24) is 5.32 Å². The first-order valence-corrected chi connectivity index (χ1v) is 8.17. The summed E-state index contributed by atoms with van der Waals surface area (Å²) in [7, 11) is 0. The zero-order valence-electron chi connectivity index (χ0n) is 11.8. The molecule has 2 atom stereocenters. The van der Waals surface area contributed by atoms with Crippen molar-refractivity contribution < 1.29 is 9.84 Å². The molecular formula is C15H25NO2S.